The lowest BCUT2D eigenvalue weighted by molar-refractivity contribution is -0.116. The zero-order valence-corrected chi connectivity index (χ0v) is 17.5. The minimum atomic E-state index is -0.159. The molecule has 1 amide bonds. The van der Waals surface area contributed by atoms with Gasteiger partial charge in [-0.2, -0.15) is 0 Å². The number of benzene rings is 2. The van der Waals surface area contributed by atoms with Gasteiger partial charge in [0.1, 0.15) is 11.3 Å². The monoisotopic (exact) mass is 389 g/mol. The van der Waals surface area contributed by atoms with Crippen LogP contribution in [0.5, 0.6) is 5.75 Å². The number of aryl methyl sites for hydroxylation is 2. The number of carbonyl (C=O) groups excluding carboxylic acids is 1. The summed E-state index contributed by atoms with van der Waals surface area (Å²) in [5, 5.41) is 3.78. The summed E-state index contributed by atoms with van der Waals surface area (Å²) < 4.78 is 11.9. The van der Waals surface area contributed by atoms with Crippen LogP contribution in [-0.2, 0) is 4.79 Å². The quantitative estimate of drug-likeness (QED) is 0.409. The molecule has 29 heavy (non-hydrogen) atoms. The topological polar surface area (TPSA) is 51.5 Å². The molecule has 0 aliphatic rings. The van der Waals surface area contributed by atoms with Crippen LogP contribution in [0.15, 0.2) is 59.7 Å². The van der Waals surface area contributed by atoms with Gasteiger partial charge in [-0.25, -0.2) is 0 Å². The van der Waals surface area contributed by atoms with E-state index in [1.54, 1.807) is 18.4 Å². The highest BCUT2D eigenvalue weighted by Crippen LogP contribution is 2.40. The molecule has 3 aromatic rings. The second-order valence-electron chi connectivity index (χ2n) is 7.06. The first-order valence-electron chi connectivity index (χ1n) is 9.78. The van der Waals surface area contributed by atoms with E-state index in [1.165, 1.54) is 5.56 Å². The molecule has 0 unspecified atom stereocenters. The Hall–Kier alpha value is -3.27. The zero-order chi connectivity index (χ0) is 21.0. The lowest BCUT2D eigenvalue weighted by atomic mass is 9.96. The maximum Gasteiger partial charge on any atom is 0.244 e. The highest BCUT2D eigenvalue weighted by atomic mass is 16.5. The van der Waals surface area contributed by atoms with E-state index in [1.807, 2.05) is 20.8 Å². The minimum absolute atomic E-state index is 0.159. The standard InChI is InChI=1S/C25H27NO3/c1-6-12-26-23(27)13-17(4)20-14-21-22(19-10-8-16(3)9-11-19)15-29-25(21)18(5)24(20)28-7-2/h6,8-11,13-15H,1,7,12H2,2-5H3,(H,26,27)/b17-13+. The number of amides is 1. The molecule has 0 fully saturated rings. The fraction of sp³-hybridized carbons (Fsp3) is 0.240. The molecule has 4 heteroatoms. The summed E-state index contributed by atoms with van der Waals surface area (Å²) in [6, 6.07) is 10.4. The van der Waals surface area contributed by atoms with Crippen LogP contribution in [0.4, 0.5) is 0 Å². The highest BCUT2D eigenvalue weighted by molar-refractivity contribution is 6.01. The van der Waals surface area contributed by atoms with Crippen molar-refractivity contribution in [2.45, 2.75) is 27.7 Å². The van der Waals surface area contributed by atoms with Gasteiger partial charge in [0.25, 0.3) is 0 Å². The van der Waals surface area contributed by atoms with Gasteiger partial charge in [0.15, 0.2) is 0 Å². The van der Waals surface area contributed by atoms with Crippen molar-refractivity contribution in [1.82, 2.24) is 5.32 Å². The van der Waals surface area contributed by atoms with Gasteiger partial charge in [0, 0.05) is 34.7 Å². The number of nitrogens with one attached hydrogen (secondary N) is 1. The second-order valence-corrected chi connectivity index (χ2v) is 7.06. The van der Waals surface area contributed by atoms with Crippen molar-refractivity contribution in [2.75, 3.05) is 13.2 Å². The van der Waals surface area contributed by atoms with Crippen LogP contribution in [0.2, 0.25) is 0 Å². The first kappa shape index (κ1) is 20.5. The summed E-state index contributed by atoms with van der Waals surface area (Å²) in [6.45, 7) is 12.5. The molecule has 0 radical (unpaired) electrons. The van der Waals surface area contributed by atoms with E-state index in [0.717, 1.165) is 44.5 Å². The number of hydrogen-bond acceptors (Lipinski definition) is 3. The first-order chi connectivity index (χ1) is 14.0. The Morgan fingerprint density at radius 1 is 1.24 bits per heavy atom. The van der Waals surface area contributed by atoms with Crippen LogP contribution < -0.4 is 10.1 Å². The lowest BCUT2D eigenvalue weighted by Crippen LogP contribution is -2.20. The van der Waals surface area contributed by atoms with Crippen molar-refractivity contribution in [2.24, 2.45) is 0 Å². The Morgan fingerprint density at radius 2 is 1.97 bits per heavy atom. The number of carbonyl (C=O) groups is 1. The number of allylic oxidation sites excluding steroid dienone is 1. The molecule has 0 aliphatic heterocycles. The molecular weight excluding hydrogens is 362 g/mol. The molecule has 150 valence electrons. The van der Waals surface area contributed by atoms with E-state index >= 15 is 0 Å². The van der Waals surface area contributed by atoms with E-state index in [0.29, 0.717) is 13.2 Å². The molecule has 0 saturated carbocycles. The Kier molecular flexibility index (Phi) is 6.23. The molecule has 0 saturated heterocycles. The Bertz CT molecular complexity index is 1070. The number of ether oxygens (including phenoxy) is 1. The molecule has 0 spiro atoms. The van der Waals surface area contributed by atoms with E-state index < -0.39 is 0 Å². The van der Waals surface area contributed by atoms with Crippen molar-refractivity contribution in [3.63, 3.8) is 0 Å². The van der Waals surface area contributed by atoms with E-state index in [4.69, 9.17) is 9.15 Å². The maximum atomic E-state index is 12.2. The van der Waals surface area contributed by atoms with Gasteiger partial charge < -0.3 is 14.5 Å². The number of hydrogen-bond donors (Lipinski definition) is 1. The smallest absolute Gasteiger partial charge is 0.244 e. The summed E-state index contributed by atoms with van der Waals surface area (Å²) in [7, 11) is 0. The molecule has 1 N–H and O–H groups in total. The van der Waals surface area contributed by atoms with Crippen molar-refractivity contribution in [3.8, 4) is 16.9 Å². The number of fused-ring (bicyclic) bond motifs is 1. The molecule has 1 aromatic heterocycles. The van der Waals surface area contributed by atoms with E-state index in [9.17, 15) is 4.79 Å². The largest absolute Gasteiger partial charge is 0.493 e. The average molecular weight is 389 g/mol. The third-order valence-electron chi connectivity index (χ3n) is 4.89. The molecule has 0 bridgehead atoms. The highest BCUT2D eigenvalue weighted by Gasteiger charge is 2.19. The fourth-order valence-corrected chi connectivity index (χ4v) is 3.39. The number of furan rings is 1. The van der Waals surface area contributed by atoms with Gasteiger partial charge in [0.05, 0.1) is 12.9 Å². The maximum absolute atomic E-state index is 12.2. The Balaban J connectivity index is 2.17. The molecular formula is C25H27NO3. The Labute approximate surface area is 171 Å². The van der Waals surface area contributed by atoms with Gasteiger partial charge in [0.2, 0.25) is 5.91 Å². The Morgan fingerprint density at radius 3 is 2.62 bits per heavy atom. The molecule has 0 aliphatic carbocycles. The van der Waals surface area contributed by atoms with Crippen LogP contribution in [-0.4, -0.2) is 19.1 Å². The average Bonchev–Trinajstić information content (AvgIpc) is 3.13. The lowest BCUT2D eigenvalue weighted by Gasteiger charge is -2.15. The van der Waals surface area contributed by atoms with Gasteiger partial charge in [-0.3, -0.25) is 4.79 Å². The van der Waals surface area contributed by atoms with E-state index in [2.05, 4.69) is 49.2 Å². The van der Waals surface area contributed by atoms with Gasteiger partial charge in [-0.1, -0.05) is 35.9 Å². The van der Waals surface area contributed by atoms with Crippen molar-refractivity contribution in [1.29, 1.82) is 0 Å². The molecule has 0 atom stereocenters. The summed E-state index contributed by atoms with van der Waals surface area (Å²) >= 11 is 0. The second kappa shape index (κ2) is 8.82. The molecule has 1 heterocycles. The predicted molar refractivity (Wildman–Crippen MR) is 119 cm³/mol. The van der Waals surface area contributed by atoms with Crippen molar-refractivity contribution >= 4 is 22.4 Å². The summed E-state index contributed by atoms with van der Waals surface area (Å²) in [5.74, 6) is 0.587. The molecule has 2 aromatic carbocycles. The summed E-state index contributed by atoms with van der Waals surface area (Å²) in [4.78, 5) is 12.2. The van der Waals surface area contributed by atoms with Gasteiger partial charge in [-0.05, 0) is 44.9 Å². The summed E-state index contributed by atoms with van der Waals surface area (Å²) in [6.07, 6.45) is 5.04. The van der Waals surface area contributed by atoms with Crippen LogP contribution in [0.3, 0.4) is 0 Å². The van der Waals surface area contributed by atoms with Crippen LogP contribution in [0.25, 0.3) is 27.7 Å². The van der Waals surface area contributed by atoms with Gasteiger partial charge >= 0.3 is 0 Å². The third-order valence-corrected chi connectivity index (χ3v) is 4.89. The SMILES string of the molecule is C=CCNC(=O)/C=C(\C)c1cc2c(-c3ccc(C)cc3)coc2c(C)c1OCC. The third kappa shape index (κ3) is 4.27. The first-order valence-corrected chi connectivity index (χ1v) is 9.78. The van der Waals surface area contributed by atoms with Crippen molar-refractivity contribution in [3.05, 3.63) is 72.0 Å². The van der Waals surface area contributed by atoms with Gasteiger partial charge in [-0.15, -0.1) is 6.58 Å². The van der Waals surface area contributed by atoms with Crippen LogP contribution in [0, 0.1) is 13.8 Å². The number of rotatable bonds is 7. The molecule has 4 nitrogen and oxygen atoms in total. The van der Waals surface area contributed by atoms with Crippen LogP contribution in [0.1, 0.15) is 30.5 Å². The molecule has 3 rings (SSSR count). The zero-order valence-electron chi connectivity index (χ0n) is 17.5. The summed E-state index contributed by atoms with van der Waals surface area (Å²) in [5.41, 5.74) is 6.77. The fourth-order valence-electron chi connectivity index (χ4n) is 3.39. The van der Waals surface area contributed by atoms with Crippen molar-refractivity contribution < 1.29 is 13.9 Å². The normalized spacial score (nSPS) is 11.5. The van der Waals surface area contributed by atoms with Crippen LogP contribution >= 0.6 is 0 Å². The van der Waals surface area contributed by atoms with E-state index in [-0.39, 0.29) is 5.91 Å². The minimum Gasteiger partial charge on any atom is -0.493 e. The predicted octanol–water partition coefficient (Wildman–Crippen LogP) is 5.82.